The third-order valence-corrected chi connectivity index (χ3v) is 3.29. The molecule has 0 aromatic heterocycles. The lowest BCUT2D eigenvalue weighted by Gasteiger charge is -2.34. The maximum Gasteiger partial charge on any atom is 0.410 e. The molecule has 1 N–H and O–H groups in total. The van der Waals surface area contributed by atoms with Crippen molar-refractivity contribution in [3.63, 3.8) is 0 Å². The molecular weight excluding hydrogens is 268 g/mol. The largest absolute Gasteiger partial charge is 0.444 e. The van der Waals surface area contributed by atoms with Gasteiger partial charge in [0.1, 0.15) is 11.7 Å². The first-order chi connectivity index (χ1) is 9.89. The van der Waals surface area contributed by atoms with Crippen LogP contribution in [0.5, 0.6) is 0 Å². The lowest BCUT2D eigenvalue weighted by Crippen LogP contribution is -2.44. The summed E-state index contributed by atoms with van der Waals surface area (Å²) in [6.07, 6.45) is -0.375. The Morgan fingerprint density at radius 2 is 2.00 bits per heavy atom. The summed E-state index contributed by atoms with van der Waals surface area (Å²) < 4.78 is 11.2. The summed E-state index contributed by atoms with van der Waals surface area (Å²) in [5, 5.41) is 3.08. The van der Waals surface area contributed by atoms with Crippen LogP contribution in [0.15, 0.2) is 24.3 Å². The van der Waals surface area contributed by atoms with E-state index < -0.39 is 5.60 Å². The number of anilines is 1. The Morgan fingerprint density at radius 1 is 1.33 bits per heavy atom. The van der Waals surface area contributed by atoms with Crippen LogP contribution < -0.4 is 5.32 Å². The molecule has 1 heterocycles. The summed E-state index contributed by atoms with van der Waals surface area (Å²) >= 11 is 0. The summed E-state index contributed by atoms with van der Waals surface area (Å²) in [6.45, 7) is 7.24. The monoisotopic (exact) mass is 292 g/mol. The van der Waals surface area contributed by atoms with E-state index >= 15 is 0 Å². The molecule has 1 saturated heterocycles. The molecule has 1 fully saturated rings. The molecule has 1 unspecified atom stereocenters. The van der Waals surface area contributed by atoms with E-state index in [9.17, 15) is 4.79 Å². The lowest BCUT2D eigenvalue weighted by atomic mass is 10.1. The van der Waals surface area contributed by atoms with Crippen molar-refractivity contribution in [2.45, 2.75) is 32.5 Å². The van der Waals surface area contributed by atoms with Crippen LogP contribution in [0.4, 0.5) is 10.5 Å². The minimum Gasteiger partial charge on any atom is -0.444 e. The second kappa shape index (κ2) is 6.35. The van der Waals surface area contributed by atoms with Gasteiger partial charge in [-0.25, -0.2) is 4.79 Å². The maximum absolute atomic E-state index is 12.1. The van der Waals surface area contributed by atoms with Gasteiger partial charge in [0.2, 0.25) is 0 Å². The van der Waals surface area contributed by atoms with Crippen LogP contribution in [0.3, 0.4) is 0 Å². The molecule has 1 aromatic rings. The highest BCUT2D eigenvalue weighted by molar-refractivity contribution is 5.68. The van der Waals surface area contributed by atoms with Crippen molar-refractivity contribution in [1.29, 1.82) is 0 Å². The van der Waals surface area contributed by atoms with Crippen LogP contribution in [-0.2, 0) is 9.47 Å². The summed E-state index contributed by atoms with van der Waals surface area (Å²) in [4.78, 5) is 13.8. The molecule has 5 nitrogen and oxygen atoms in total. The fourth-order valence-corrected chi connectivity index (χ4v) is 2.21. The van der Waals surface area contributed by atoms with Gasteiger partial charge in [-0.15, -0.1) is 0 Å². The van der Waals surface area contributed by atoms with Crippen molar-refractivity contribution in [3.05, 3.63) is 29.8 Å². The predicted octanol–water partition coefficient (Wildman–Crippen LogP) is 3.04. The van der Waals surface area contributed by atoms with E-state index in [0.29, 0.717) is 19.7 Å². The molecule has 0 bridgehead atoms. The van der Waals surface area contributed by atoms with Crippen LogP contribution in [0.1, 0.15) is 32.4 Å². The Kier molecular flexibility index (Phi) is 4.73. The van der Waals surface area contributed by atoms with Crippen molar-refractivity contribution >= 4 is 11.8 Å². The quantitative estimate of drug-likeness (QED) is 0.910. The summed E-state index contributed by atoms with van der Waals surface area (Å²) in [7, 11) is 1.89. The van der Waals surface area contributed by atoms with Crippen LogP contribution in [0, 0.1) is 0 Å². The van der Waals surface area contributed by atoms with Gasteiger partial charge >= 0.3 is 6.09 Å². The normalized spacial score (nSPS) is 19.2. The number of benzene rings is 1. The smallest absolute Gasteiger partial charge is 0.410 e. The number of nitrogens with zero attached hydrogens (tertiary/aromatic N) is 1. The second-order valence-corrected chi connectivity index (χ2v) is 6.16. The third-order valence-electron chi connectivity index (χ3n) is 3.29. The Balaban J connectivity index is 2.01. The highest BCUT2D eigenvalue weighted by atomic mass is 16.6. The highest BCUT2D eigenvalue weighted by Crippen LogP contribution is 2.24. The molecule has 2 rings (SSSR count). The molecule has 21 heavy (non-hydrogen) atoms. The number of ether oxygens (including phenoxy) is 2. The molecule has 116 valence electrons. The second-order valence-electron chi connectivity index (χ2n) is 6.16. The molecule has 1 aromatic carbocycles. The molecule has 1 amide bonds. The van der Waals surface area contributed by atoms with E-state index in [1.54, 1.807) is 4.90 Å². The predicted molar refractivity (Wildman–Crippen MR) is 82.5 cm³/mol. The Labute approximate surface area is 126 Å². The zero-order valence-electron chi connectivity index (χ0n) is 13.2. The van der Waals surface area contributed by atoms with Gasteiger partial charge in [0.15, 0.2) is 0 Å². The number of morpholine rings is 1. The number of carbonyl (C=O) groups is 1. The van der Waals surface area contributed by atoms with Crippen molar-refractivity contribution < 1.29 is 14.3 Å². The summed E-state index contributed by atoms with van der Waals surface area (Å²) in [6, 6.07) is 8.06. The molecule has 0 aliphatic carbocycles. The van der Waals surface area contributed by atoms with Gasteiger partial charge in [-0.1, -0.05) is 12.1 Å². The van der Waals surface area contributed by atoms with E-state index in [1.807, 2.05) is 52.1 Å². The van der Waals surface area contributed by atoms with Gasteiger partial charge < -0.3 is 19.7 Å². The van der Waals surface area contributed by atoms with Crippen molar-refractivity contribution in [1.82, 2.24) is 4.90 Å². The molecule has 1 atom stereocenters. The van der Waals surface area contributed by atoms with Crippen molar-refractivity contribution in [2.75, 3.05) is 32.1 Å². The van der Waals surface area contributed by atoms with Crippen LogP contribution in [-0.4, -0.2) is 43.3 Å². The van der Waals surface area contributed by atoms with Gasteiger partial charge in [-0.3, -0.25) is 0 Å². The fraction of sp³-hybridized carbons (Fsp3) is 0.562. The molecule has 0 spiro atoms. The van der Waals surface area contributed by atoms with Crippen LogP contribution >= 0.6 is 0 Å². The van der Waals surface area contributed by atoms with Crippen LogP contribution in [0.25, 0.3) is 0 Å². The standard InChI is InChI=1S/C16H24N2O3/c1-16(2,3)21-15(19)18-9-10-20-14(11-18)12-5-7-13(17-4)8-6-12/h5-8,14,17H,9-11H2,1-4H3. The molecule has 0 saturated carbocycles. The Hall–Kier alpha value is -1.75. The van der Waals surface area contributed by atoms with Crippen molar-refractivity contribution in [2.24, 2.45) is 0 Å². The minimum atomic E-state index is -0.473. The van der Waals surface area contributed by atoms with E-state index in [1.165, 1.54) is 0 Å². The lowest BCUT2D eigenvalue weighted by molar-refractivity contribution is -0.0432. The zero-order valence-corrected chi connectivity index (χ0v) is 13.2. The van der Waals surface area contributed by atoms with E-state index in [-0.39, 0.29) is 12.2 Å². The molecule has 1 aliphatic rings. The number of nitrogens with one attached hydrogen (secondary N) is 1. The van der Waals surface area contributed by atoms with Gasteiger partial charge in [0.25, 0.3) is 0 Å². The average molecular weight is 292 g/mol. The van der Waals surface area contributed by atoms with Gasteiger partial charge in [-0.2, -0.15) is 0 Å². The molecule has 5 heteroatoms. The third kappa shape index (κ3) is 4.36. The minimum absolute atomic E-state index is 0.0998. The first-order valence-corrected chi connectivity index (χ1v) is 7.26. The Bertz CT molecular complexity index is 479. The summed E-state index contributed by atoms with van der Waals surface area (Å²) in [5.74, 6) is 0. The van der Waals surface area contributed by atoms with Gasteiger partial charge in [-0.05, 0) is 38.5 Å². The molecular formula is C16H24N2O3. The number of carbonyl (C=O) groups excluding carboxylic acids is 1. The fourth-order valence-electron chi connectivity index (χ4n) is 2.21. The Morgan fingerprint density at radius 3 is 2.57 bits per heavy atom. The van der Waals surface area contributed by atoms with Crippen molar-refractivity contribution in [3.8, 4) is 0 Å². The van der Waals surface area contributed by atoms with E-state index in [4.69, 9.17) is 9.47 Å². The topological polar surface area (TPSA) is 50.8 Å². The van der Waals surface area contributed by atoms with Crippen LogP contribution in [0.2, 0.25) is 0 Å². The van der Waals surface area contributed by atoms with Gasteiger partial charge in [0, 0.05) is 19.3 Å². The number of hydrogen-bond acceptors (Lipinski definition) is 4. The van der Waals surface area contributed by atoms with E-state index in [0.717, 1.165) is 11.3 Å². The first kappa shape index (κ1) is 15.6. The molecule has 1 aliphatic heterocycles. The van der Waals surface area contributed by atoms with E-state index in [2.05, 4.69) is 5.32 Å². The first-order valence-electron chi connectivity index (χ1n) is 7.26. The van der Waals surface area contributed by atoms with Gasteiger partial charge in [0.05, 0.1) is 13.2 Å². The maximum atomic E-state index is 12.1. The molecule has 0 radical (unpaired) electrons. The highest BCUT2D eigenvalue weighted by Gasteiger charge is 2.28. The number of rotatable bonds is 2. The number of amides is 1. The zero-order chi connectivity index (χ0) is 15.5. The SMILES string of the molecule is CNc1ccc(C2CN(C(=O)OC(C)(C)C)CCO2)cc1. The number of hydrogen-bond donors (Lipinski definition) is 1. The average Bonchev–Trinajstić information content (AvgIpc) is 2.46. The summed E-state index contributed by atoms with van der Waals surface area (Å²) in [5.41, 5.74) is 1.65.